The quantitative estimate of drug-likeness (QED) is 0.574. The summed E-state index contributed by atoms with van der Waals surface area (Å²) in [4.78, 5) is 0. The highest BCUT2D eigenvalue weighted by Gasteiger charge is 2.27. The van der Waals surface area contributed by atoms with Crippen molar-refractivity contribution in [3.05, 3.63) is 0 Å². The predicted octanol–water partition coefficient (Wildman–Crippen LogP) is -0.509. The standard InChI is InChI=1S/C7H14O4/c1-10-7-3-5(9)2-6(4-8)11-7/h5-9H,2-4H2,1H3. The summed E-state index contributed by atoms with van der Waals surface area (Å²) >= 11 is 0. The van der Waals surface area contributed by atoms with Crippen LogP contribution in [0.15, 0.2) is 0 Å². The first-order valence-electron chi connectivity index (χ1n) is 3.73. The molecule has 0 aliphatic carbocycles. The molecular weight excluding hydrogens is 148 g/mol. The van der Waals surface area contributed by atoms with Crippen molar-refractivity contribution in [3.63, 3.8) is 0 Å². The van der Waals surface area contributed by atoms with Gasteiger partial charge in [-0.15, -0.1) is 0 Å². The van der Waals surface area contributed by atoms with E-state index in [4.69, 9.17) is 14.6 Å². The highest BCUT2D eigenvalue weighted by atomic mass is 16.7. The van der Waals surface area contributed by atoms with Crippen LogP contribution in [-0.2, 0) is 9.47 Å². The van der Waals surface area contributed by atoms with E-state index < -0.39 is 6.10 Å². The van der Waals surface area contributed by atoms with Gasteiger partial charge in [-0.2, -0.15) is 0 Å². The molecule has 0 amide bonds. The molecule has 2 N–H and O–H groups in total. The zero-order valence-electron chi connectivity index (χ0n) is 6.56. The molecule has 1 rings (SSSR count). The second-order valence-corrected chi connectivity index (χ2v) is 2.73. The van der Waals surface area contributed by atoms with Gasteiger partial charge in [-0.25, -0.2) is 0 Å². The highest BCUT2D eigenvalue weighted by Crippen LogP contribution is 2.19. The Morgan fingerprint density at radius 1 is 1.55 bits per heavy atom. The van der Waals surface area contributed by atoms with Gasteiger partial charge in [0.05, 0.1) is 18.8 Å². The highest BCUT2D eigenvalue weighted by molar-refractivity contribution is 4.72. The SMILES string of the molecule is COC1CC(O)CC(CO)O1. The van der Waals surface area contributed by atoms with Gasteiger partial charge >= 0.3 is 0 Å². The first kappa shape index (κ1) is 8.93. The topological polar surface area (TPSA) is 58.9 Å². The van der Waals surface area contributed by atoms with E-state index in [1.54, 1.807) is 0 Å². The number of aliphatic hydroxyl groups is 2. The van der Waals surface area contributed by atoms with Crippen LogP contribution in [0.2, 0.25) is 0 Å². The largest absolute Gasteiger partial charge is 0.394 e. The van der Waals surface area contributed by atoms with Crippen LogP contribution < -0.4 is 0 Å². The van der Waals surface area contributed by atoms with Crippen LogP contribution in [-0.4, -0.2) is 42.4 Å². The first-order valence-corrected chi connectivity index (χ1v) is 3.73. The van der Waals surface area contributed by atoms with Gasteiger partial charge in [-0.1, -0.05) is 0 Å². The van der Waals surface area contributed by atoms with Crippen LogP contribution in [0.25, 0.3) is 0 Å². The Labute approximate surface area is 65.7 Å². The summed E-state index contributed by atoms with van der Waals surface area (Å²) in [6, 6.07) is 0. The van der Waals surface area contributed by atoms with E-state index in [2.05, 4.69) is 0 Å². The average molecular weight is 162 g/mol. The van der Waals surface area contributed by atoms with Crippen LogP contribution in [0.1, 0.15) is 12.8 Å². The van der Waals surface area contributed by atoms with E-state index in [-0.39, 0.29) is 19.0 Å². The lowest BCUT2D eigenvalue weighted by Gasteiger charge is -2.30. The number of hydrogen-bond donors (Lipinski definition) is 2. The van der Waals surface area contributed by atoms with Gasteiger partial charge in [0, 0.05) is 20.0 Å². The minimum atomic E-state index is -0.411. The molecule has 1 fully saturated rings. The summed E-state index contributed by atoms with van der Waals surface area (Å²) in [6.45, 7) is -0.0586. The van der Waals surface area contributed by atoms with E-state index >= 15 is 0 Å². The Morgan fingerprint density at radius 2 is 2.27 bits per heavy atom. The van der Waals surface area contributed by atoms with E-state index in [9.17, 15) is 5.11 Å². The van der Waals surface area contributed by atoms with E-state index in [1.807, 2.05) is 0 Å². The maximum Gasteiger partial charge on any atom is 0.160 e. The summed E-state index contributed by atoms with van der Waals surface area (Å²) in [6.07, 6.45) is -0.0611. The van der Waals surface area contributed by atoms with Gasteiger partial charge < -0.3 is 19.7 Å². The van der Waals surface area contributed by atoms with Gasteiger partial charge in [0.2, 0.25) is 0 Å². The fourth-order valence-electron chi connectivity index (χ4n) is 1.22. The van der Waals surface area contributed by atoms with E-state index in [0.29, 0.717) is 12.8 Å². The third-order valence-corrected chi connectivity index (χ3v) is 1.81. The van der Waals surface area contributed by atoms with Crippen molar-refractivity contribution < 1.29 is 19.7 Å². The Bertz CT molecular complexity index is 105. The van der Waals surface area contributed by atoms with E-state index in [1.165, 1.54) is 7.11 Å². The summed E-state index contributed by atoms with van der Waals surface area (Å²) in [5.74, 6) is 0. The van der Waals surface area contributed by atoms with E-state index in [0.717, 1.165) is 0 Å². The second kappa shape index (κ2) is 4.01. The minimum Gasteiger partial charge on any atom is -0.394 e. The molecule has 4 nitrogen and oxygen atoms in total. The molecule has 0 saturated carbocycles. The van der Waals surface area contributed by atoms with Crippen molar-refractivity contribution in [3.8, 4) is 0 Å². The van der Waals surface area contributed by atoms with Crippen LogP contribution in [0.5, 0.6) is 0 Å². The lowest BCUT2D eigenvalue weighted by Crippen LogP contribution is -2.38. The van der Waals surface area contributed by atoms with Crippen LogP contribution in [0, 0.1) is 0 Å². The van der Waals surface area contributed by atoms with Crippen molar-refractivity contribution in [2.24, 2.45) is 0 Å². The molecule has 0 aromatic rings. The smallest absolute Gasteiger partial charge is 0.160 e. The van der Waals surface area contributed by atoms with Crippen molar-refractivity contribution in [2.45, 2.75) is 31.3 Å². The van der Waals surface area contributed by atoms with Crippen molar-refractivity contribution in [2.75, 3.05) is 13.7 Å². The fraction of sp³-hybridized carbons (Fsp3) is 1.00. The normalized spacial score (nSPS) is 39.0. The maximum atomic E-state index is 9.24. The fourth-order valence-corrected chi connectivity index (χ4v) is 1.22. The zero-order valence-corrected chi connectivity index (χ0v) is 6.56. The van der Waals surface area contributed by atoms with Gasteiger partial charge in [0.15, 0.2) is 6.29 Å². The molecule has 4 heteroatoms. The lowest BCUT2D eigenvalue weighted by molar-refractivity contribution is -0.210. The molecule has 0 radical (unpaired) electrons. The van der Waals surface area contributed by atoms with Crippen molar-refractivity contribution >= 4 is 0 Å². The molecule has 0 bridgehead atoms. The Balaban J connectivity index is 2.37. The van der Waals surface area contributed by atoms with Crippen LogP contribution in [0.3, 0.4) is 0 Å². The number of hydrogen-bond acceptors (Lipinski definition) is 4. The Hall–Kier alpha value is -0.160. The molecule has 66 valence electrons. The maximum absolute atomic E-state index is 9.24. The van der Waals surface area contributed by atoms with Gasteiger partial charge in [0.25, 0.3) is 0 Å². The van der Waals surface area contributed by atoms with Crippen molar-refractivity contribution in [1.29, 1.82) is 0 Å². The van der Waals surface area contributed by atoms with Crippen molar-refractivity contribution in [1.82, 2.24) is 0 Å². The zero-order chi connectivity index (χ0) is 8.27. The molecule has 3 atom stereocenters. The molecule has 1 saturated heterocycles. The Kier molecular flexibility index (Phi) is 3.26. The first-order chi connectivity index (χ1) is 5.26. The van der Waals surface area contributed by atoms with Gasteiger partial charge in [-0.3, -0.25) is 0 Å². The summed E-state index contributed by atoms with van der Waals surface area (Å²) in [7, 11) is 1.52. The molecule has 1 heterocycles. The predicted molar refractivity (Wildman–Crippen MR) is 38.0 cm³/mol. The monoisotopic (exact) mass is 162 g/mol. The Morgan fingerprint density at radius 3 is 2.82 bits per heavy atom. The van der Waals surface area contributed by atoms with Gasteiger partial charge in [-0.05, 0) is 0 Å². The van der Waals surface area contributed by atoms with Gasteiger partial charge in [0.1, 0.15) is 0 Å². The molecular formula is C7H14O4. The minimum absolute atomic E-state index is 0.0586. The second-order valence-electron chi connectivity index (χ2n) is 2.73. The molecule has 11 heavy (non-hydrogen) atoms. The summed E-state index contributed by atoms with van der Waals surface area (Å²) in [5.41, 5.74) is 0. The summed E-state index contributed by atoms with van der Waals surface area (Å²) in [5, 5.41) is 18.0. The number of aliphatic hydroxyl groups excluding tert-OH is 2. The number of ether oxygens (including phenoxy) is 2. The number of methoxy groups -OCH3 is 1. The van der Waals surface area contributed by atoms with Crippen LogP contribution >= 0.6 is 0 Å². The molecule has 0 aromatic heterocycles. The third-order valence-electron chi connectivity index (χ3n) is 1.81. The average Bonchev–Trinajstić information content (AvgIpc) is 2.03. The molecule has 1 aliphatic rings. The molecule has 1 aliphatic heterocycles. The molecule has 0 spiro atoms. The molecule has 3 unspecified atom stereocenters. The molecule has 0 aromatic carbocycles. The summed E-state index contributed by atoms with van der Waals surface area (Å²) < 4.78 is 10.1. The third kappa shape index (κ3) is 2.41. The lowest BCUT2D eigenvalue weighted by atomic mass is 10.1. The van der Waals surface area contributed by atoms with Crippen LogP contribution in [0.4, 0.5) is 0 Å². The number of rotatable bonds is 2.